The van der Waals surface area contributed by atoms with Crippen molar-refractivity contribution in [2.45, 2.75) is 37.1 Å². The number of hydrogen-bond donors (Lipinski definition) is 3. The van der Waals surface area contributed by atoms with Gasteiger partial charge in [0.25, 0.3) is 0 Å². The topological polar surface area (TPSA) is 88.8 Å². The van der Waals surface area contributed by atoms with Gasteiger partial charge in [-0.3, -0.25) is 10.3 Å². The number of nitrogens with zero attached hydrogens (tertiary/aromatic N) is 2. The van der Waals surface area contributed by atoms with Gasteiger partial charge in [0.1, 0.15) is 0 Å². The molecular formula is C9H18ClN5. The van der Waals surface area contributed by atoms with E-state index in [-0.39, 0.29) is 12.0 Å². The molecule has 0 radical (unpaired) electrons. The SMILES string of the molecule is CN=C(N)NC(N)=NC1CCC(Cl)CC1. The first-order chi connectivity index (χ1) is 7.11. The summed E-state index contributed by atoms with van der Waals surface area (Å²) in [5.41, 5.74) is 11.1. The highest BCUT2D eigenvalue weighted by Crippen LogP contribution is 2.24. The molecule has 0 bridgehead atoms. The molecule has 1 aliphatic rings. The molecule has 86 valence electrons. The van der Waals surface area contributed by atoms with E-state index in [1.54, 1.807) is 7.05 Å². The fourth-order valence-electron chi connectivity index (χ4n) is 1.58. The van der Waals surface area contributed by atoms with Crippen molar-refractivity contribution in [2.75, 3.05) is 7.05 Å². The molecule has 15 heavy (non-hydrogen) atoms. The second-order valence-corrected chi connectivity index (χ2v) is 4.27. The van der Waals surface area contributed by atoms with Crippen LogP contribution in [0.25, 0.3) is 0 Å². The summed E-state index contributed by atoms with van der Waals surface area (Å²) in [4.78, 5) is 8.06. The standard InChI is InChI=1S/C9H18ClN5/c1-13-8(11)15-9(12)14-7-4-2-6(10)3-5-7/h6-7H,2-5H2,1H3,(H5,11,12,13,14,15). The van der Waals surface area contributed by atoms with E-state index in [1.165, 1.54) is 0 Å². The third-order valence-electron chi connectivity index (χ3n) is 2.44. The zero-order chi connectivity index (χ0) is 11.3. The minimum Gasteiger partial charge on any atom is -0.370 e. The number of nitrogens with two attached hydrogens (primary N) is 2. The number of alkyl halides is 1. The Morgan fingerprint density at radius 2 is 1.80 bits per heavy atom. The van der Waals surface area contributed by atoms with Gasteiger partial charge in [0.15, 0.2) is 11.9 Å². The summed E-state index contributed by atoms with van der Waals surface area (Å²) in [6.07, 6.45) is 3.97. The van der Waals surface area contributed by atoms with Crippen LogP contribution in [0.5, 0.6) is 0 Å². The second-order valence-electron chi connectivity index (χ2n) is 3.65. The van der Waals surface area contributed by atoms with Gasteiger partial charge in [0.05, 0.1) is 6.04 Å². The van der Waals surface area contributed by atoms with Crippen molar-refractivity contribution < 1.29 is 0 Å². The van der Waals surface area contributed by atoms with Crippen LogP contribution in [0.2, 0.25) is 0 Å². The number of aliphatic imine (C=N–C) groups is 2. The Kier molecular flexibility index (Phi) is 4.68. The largest absolute Gasteiger partial charge is 0.370 e. The molecule has 1 saturated carbocycles. The number of nitrogens with one attached hydrogen (secondary N) is 1. The Morgan fingerprint density at radius 3 is 2.33 bits per heavy atom. The quantitative estimate of drug-likeness (QED) is 0.346. The van der Waals surface area contributed by atoms with E-state index in [1.807, 2.05) is 0 Å². The molecule has 0 aliphatic heterocycles. The molecule has 0 aromatic rings. The van der Waals surface area contributed by atoms with Gasteiger partial charge in [-0.1, -0.05) is 0 Å². The van der Waals surface area contributed by atoms with Gasteiger partial charge in [0, 0.05) is 12.4 Å². The lowest BCUT2D eigenvalue weighted by Crippen LogP contribution is -2.42. The van der Waals surface area contributed by atoms with E-state index >= 15 is 0 Å². The Balaban J connectivity index is 2.41. The fourth-order valence-corrected chi connectivity index (χ4v) is 1.83. The first-order valence-electron chi connectivity index (χ1n) is 5.08. The highest BCUT2D eigenvalue weighted by atomic mass is 35.5. The van der Waals surface area contributed by atoms with Crippen LogP contribution in [0.4, 0.5) is 0 Å². The van der Waals surface area contributed by atoms with Crippen LogP contribution in [-0.2, 0) is 0 Å². The molecule has 1 rings (SSSR count). The van der Waals surface area contributed by atoms with Crippen LogP contribution in [0.15, 0.2) is 9.98 Å². The zero-order valence-electron chi connectivity index (χ0n) is 8.91. The Morgan fingerprint density at radius 1 is 1.20 bits per heavy atom. The lowest BCUT2D eigenvalue weighted by atomic mass is 9.96. The highest BCUT2D eigenvalue weighted by molar-refractivity contribution is 6.20. The number of rotatable bonds is 1. The second kappa shape index (κ2) is 5.80. The first-order valence-corrected chi connectivity index (χ1v) is 5.52. The maximum absolute atomic E-state index is 5.99. The van der Waals surface area contributed by atoms with Crippen LogP contribution in [0.1, 0.15) is 25.7 Å². The molecule has 0 spiro atoms. The van der Waals surface area contributed by atoms with Crippen LogP contribution in [0.3, 0.4) is 0 Å². The Labute approximate surface area is 95.0 Å². The van der Waals surface area contributed by atoms with E-state index in [4.69, 9.17) is 23.1 Å². The molecule has 0 aromatic carbocycles. The summed E-state index contributed by atoms with van der Waals surface area (Å²) in [7, 11) is 1.59. The predicted molar refractivity (Wildman–Crippen MR) is 64.2 cm³/mol. The molecule has 0 aromatic heterocycles. The summed E-state index contributed by atoms with van der Waals surface area (Å²) in [5, 5.41) is 3.01. The van der Waals surface area contributed by atoms with Crippen molar-refractivity contribution in [1.29, 1.82) is 0 Å². The number of hydrogen-bond acceptors (Lipinski definition) is 2. The normalized spacial score (nSPS) is 28.9. The summed E-state index contributed by atoms with van der Waals surface area (Å²) < 4.78 is 0. The highest BCUT2D eigenvalue weighted by Gasteiger charge is 2.18. The smallest absolute Gasteiger partial charge is 0.195 e. The summed E-state index contributed by atoms with van der Waals surface area (Å²) in [5.74, 6) is 0.610. The maximum atomic E-state index is 5.99. The molecule has 1 aliphatic carbocycles. The lowest BCUT2D eigenvalue weighted by molar-refractivity contribution is 0.448. The zero-order valence-corrected chi connectivity index (χ0v) is 9.67. The lowest BCUT2D eigenvalue weighted by Gasteiger charge is -2.22. The van der Waals surface area contributed by atoms with Crippen LogP contribution >= 0.6 is 11.6 Å². The predicted octanol–water partition coefficient (Wildman–Crippen LogP) is 0.385. The van der Waals surface area contributed by atoms with Gasteiger partial charge >= 0.3 is 0 Å². The van der Waals surface area contributed by atoms with Gasteiger partial charge < -0.3 is 11.5 Å². The van der Waals surface area contributed by atoms with E-state index < -0.39 is 0 Å². The van der Waals surface area contributed by atoms with Crippen LogP contribution in [-0.4, -0.2) is 30.4 Å². The molecule has 0 amide bonds. The van der Waals surface area contributed by atoms with E-state index in [0.29, 0.717) is 11.3 Å². The Bertz CT molecular complexity index is 255. The fraction of sp³-hybridized carbons (Fsp3) is 0.778. The van der Waals surface area contributed by atoms with Gasteiger partial charge in [-0.05, 0) is 25.7 Å². The molecule has 1 fully saturated rings. The van der Waals surface area contributed by atoms with Crippen LogP contribution in [0, 0.1) is 0 Å². The molecule has 5 nitrogen and oxygen atoms in total. The molecule has 0 unspecified atom stereocenters. The van der Waals surface area contributed by atoms with E-state index in [0.717, 1.165) is 25.7 Å². The molecule has 0 heterocycles. The van der Waals surface area contributed by atoms with Crippen molar-refractivity contribution >= 4 is 23.5 Å². The van der Waals surface area contributed by atoms with Crippen molar-refractivity contribution in [3.63, 3.8) is 0 Å². The number of guanidine groups is 2. The molecule has 5 N–H and O–H groups in total. The third-order valence-corrected chi connectivity index (χ3v) is 2.88. The Hall–Kier alpha value is -0.970. The summed E-state index contributed by atoms with van der Waals surface area (Å²) in [6.45, 7) is 0. The molecule has 0 saturated heterocycles. The first kappa shape index (κ1) is 12.1. The van der Waals surface area contributed by atoms with Gasteiger partial charge in [0.2, 0.25) is 0 Å². The van der Waals surface area contributed by atoms with Gasteiger partial charge in [-0.15, -0.1) is 11.6 Å². The minimum atomic E-state index is 0.261. The van der Waals surface area contributed by atoms with Gasteiger partial charge in [-0.2, -0.15) is 0 Å². The van der Waals surface area contributed by atoms with Crippen molar-refractivity contribution in [3.8, 4) is 0 Å². The van der Waals surface area contributed by atoms with E-state index in [2.05, 4.69) is 15.3 Å². The average Bonchev–Trinajstić information content (AvgIpc) is 2.21. The monoisotopic (exact) mass is 231 g/mol. The van der Waals surface area contributed by atoms with Crippen molar-refractivity contribution in [1.82, 2.24) is 5.32 Å². The molecule has 0 atom stereocenters. The molecular weight excluding hydrogens is 214 g/mol. The average molecular weight is 232 g/mol. The third kappa shape index (κ3) is 4.38. The minimum absolute atomic E-state index is 0.261. The van der Waals surface area contributed by atoms with E-state index in [9.17, 15) is 0 Å². The van der Waals surface area contributed by atoms with Gasteiger partial charge in [-0.25, -0.2) is 4.99 Å². The summed E-state index contributed by atoms with van der Waals surface area (Å²) in [6, 6.07) is 0.261. The maximum Gasteiger partial charge on any atom is 0.195 e. The number of halogens is 1. The van der Waals surface area contributed by atoms with Crippen molar-refractivity contribution in [2.24, 2.45) is 21.5 Å². The molecule has 6 heteroatoms. The van der Waals surface area contributed by atoms with Crippen molar-refractivity contribution in [3.05, 3.63) is 0 Å². The van der Waals surface area contributed by atoms with Crippen LogP contribution < -0.4 is 16.8 Å². The summed E-state index contributed by atoms with van der Waals surface area (Å²) >= 11 is 5.99.